The molecule has 0 saturated carbocycles. The number of benzene rings is 1. The smallest absolute Gasteiger partial charge is 0.155 e. The molecule has 1 aromatic rings. The van der Waals surface area contributed by atoms with Crippen LogP contribution < -0.4 is 0 Å². The number of carbonyl (C=O) groups is 1. The Morgan fingerprint density at radius 3 is 2.36 bits per heavy atom. The Hall–Kier alpha value is -0.790. The number of hydrogen-bond acceptors (Lipinski definition) is 1. The molecule has 0 amide bonds. The van der Waals surface area contributed by atoms with Crippen LogP contribution >= 0.6 is 23.2 Å². The second-order valence-electron chi connectivity index (χ2n) is 3.06. The molecule has 0 aromatic heterocycles. The Morgan fingerprint density at radius 1 is 1.21 bits per heavy atom. The molecule has 1 aromatic carbocycles. The van der Waals surface area contributed by atoms with Crippen molar-refractivity contribution in [2.45, 2.75) is 13.8 Å². The Bertz CT molecular complexity index is 394. The van der Waals surface area contributed by atoms with Crippen molar-refractivity contribution in [2.24, 2.45) is 0 Å². The van der Waals surface area contributed by atoms with Crippen LogP contribution in [0, 0.1) is 0 Å². The van der Waals surface area contributed by atoms with E-state index in [1.165, 1.54) is 6.92 Å². The molecule has 74 valence electrons. The maximum absolute atomic E-state index is 11.0. The summed E-state index contributed by atoms with van der Waals surface area (Å²) in [4.78, 5) is 11.0. The van der Waals surface area contributed by atoms with Crippen molar-refractivity contribution in [3.8, 4) is 0 Å². The molecule has 0 N–H and O–H groups in total. The zero-order chi connectivity index (χ0) is 10.7. The number of allylic oxidation sites excluding steroid dienone is 1. The van der Waals surface area contributed by atoms with Gasteiger partial charge in [-0.1, -0.05) is 29.3 Å². The van der Waals surface area contributed by atoms with Gasteiger partial charge < -0.3 is 0 Å². The molecule has 1 nitrogen and oxygen atoms in total. The third kappa shape index (κ3) is 2.86. The number of hydrogen-bond donors (Lipinski definition) is 0. The van der Waals surface area contributed by atoms with Gasteiger partial charge in [0.15, 0.2) is 5.78 Å². The highest BCUT2D eigenvalue weighted by atomic mass is 35.5. The van der Waals surface area contributed by atoms with Crippen LogP contribution in [-0.2, 0) is 4.79 Å². The van der Waals surface area contributed by atoms with Gasteiger partial charge in [0, 0.05) is 0 Å². The topological polar surface area (TPSA) is 17.1 Å². The fraction of sp³-hybridized carbons (Fsp3) is 0.182. The molecule has 0 spiro atoms. The maximum atomic E-state index is 11.0. The summed E-state index contributed by atoms with van der Waals surface area (Å²) < 4.78 is 0. The lowest BCUT2D eigenvalue weighted by Crippen LogP contribution is -1.90. The van der Waals surface area contributed by atoms with Crippen molar-refractivity contribution >= 4 is 35.1 Å². The maximum Gasteiger partial charge on any atom is 0.155 e. The highest BCUT2D eigenvalue weighted by molar-refractivity contribution is 6.42. The number of carbonyl (C=O) groups excluding carboxylic acids is 1. The van der Waals surface area contributed by atoms with E-state index in [0.29, 0.717) is 15.6 Å². The van der Waals surface area contributed by atoms with E-state index in [1.807, 2.05) is 6.07 Å². The summed E-state index contributed by atoms with van der Waals surface area (Å²) >= 11 is 11.6. The number of ketones is 1. The molecule has 0 atom stereocenters. The van der Waals surface area contributed by atoms with Gasteiger partial charge in [0.2, 0.25) is 0 Å². The van der Waals surface area contributed by atoms with E-state index in [2.05, 4.69) is 0 Å². The molecule has 0 unspecified atom stereocenters. The van der Waals surface area contributed by atoms with Gasteiger partial charge in [-0.15, -0.1) is 0 Å². The first-order valence-electron chi connectivity index (χ1n) is 4.15. The first-order valence-corrected chi connectivity index (χ1v) is 4.90. The minimum absolute atomic E-state index is 0.0519. The zero-order valence-corrected chi connectivity index (χ0v) is 9.49. The summed E-state index contributed by atoms with van der Waals surface area (Å²) in [6.07, 6.45) is 1.78. The molecule has 0 heterocycles. The molecular formula is C11H10Cl2O. The quantitative estimate of drug-likeness (QED) is 0.701. The van der Waals surface area contributed by atoms with Crippen LogP contribution in [0.3, 0.4) is 0 Å². The van der Waals surface area contributed by atoms with Crippen LogP contribution in [0.4, 0.5) is 0 Å². The summed E-state index contributed by atoms with van der Waals surface area (Å²) in [5.74, 6) is 0.0519. The minimum atomic E-state index is 0.0519. The normalized spacial score (nSPS) is 11.6. The number of Topliss-reactive ketones (excluding diaryl/α,β-unsaturated/α-hetero) is 1. The lowest BCUT2D eigenvalue weighted by Gasteiger charge is -1.99. The second-order valence-corrected chi connectivity index (χ2v) is 3.87. The highest BCUT2D eigenvalue weighted by Gasteiger charge is 1.99. The molecule has 0 aliphatic carbocycles. The van der Waals surface area contributed by atoms with Crippen LogP contribution in [0.2, 0.25) is 10.0 Å². The SMILES string of the molecule is CC(=O)/C(C)=C/c1ccc(Cl)c(Cl)c1. The molecule has 0 aliphatic heterocycles. The van der Waals surface area contributed by atoms with Crippen LogP contribution in [-0.4, -0.2) is 5.78 Å². The summed E-state index contributed by atoms with van der Waals surface area (Å²) in [5.41, 5.74) is 1.58. The van der Waals surface area contributed by atoms with E-state index in [1.54, 1.807) is 25.1 Å². The van der Waals surface area contributed by atoms with Crippen LogP contribution in [0.5, 0.6) is 0 Å². The van der Waals surface area contributed by atoms with Gasteiger partial charge in [0.05, 0.1) is 10.0 Å². The molecule has 1 rings (SSSR count). The lowest BCUT2D eigenvalue weighted by atomic mass is 10.1. The summed E-state index contributed by atoms with van der Waals surface area (Å²) in [6, 6.07) is 5.26. The summed E-state index contributed by atoms with van der Waals surface area (Å²) in [6.45, 7) is 3.30. The third-order valence-electron chi connectivity index (χ3n) is 1.88. The molecule has 0 saturated heterocycles. The predicted molar refractivity (Wildman–Crippen MR) is 60.8 cm³/mol. The van der Waals surface area contributed by atoms with E-state index in [0.717, 1.165) is 5.56 Å². The highest BCUT2D eigenvalue weighted by Crippen LogP contribution is 2.23. The van der Waals surface area contributed by atoms with Gasteiger partial charge in [-0.3, -0.25) is 4.79 Å². The lowest BCUT2D eigenvalue weighted by molar-refractivity contribution is -0.113. The standard InChI is InChI=1S/C11H10Cl2O/c1-7(8(2)14)5-9-3-4-10(12)11(13)6-9/h3-6H,1-2H3/b7-5+. The van der Waals surface area contributed by atoms with Crippen LogP contribution in [0.25, 0.3) is 6.08 Å². The van der Waals surface area contributed by atoms with Crippen molar-refractivity contribution in [3.05, 3.63) is 39.4 Å². The summed E-state index contributed by atoms with van der Waals surface area (Å²) in [5, 5.41) is 1.01. The van der Waals surface area contributed by atoms with E-state index >= 15 is 0 Å². The molecular weight excluding hydrogens is 219 g/mol. The Labute approximate surface area is 93.3 Å². The van der Waals surface area contributed by atoms with E-state index in [4.69, 9.17) is 23.2 Å². The van der Waals surface area contributed by atoms with E-state index in [9.17, 15) is 4.79 Å². The first-order chi connectivity index (χ1) is 6.50. The second kappa shape index (κ2) is 4.63. The van der Waals surface area contributed by atoms with Gasteiger partial charge >= 0.3 is 0 Å². The van der Waals surface area contributed by atoms with Crippen molar-refractivity contribution in [1.82, 2.24) is 0 Å². The number of halogens is 2. The number of rotatable bonds is 2. The van der Waals surface area contributed by atoms with Gasteiger partial charge in [0.1, 0.15) is 0 Å². The van der Waals surface area contributed by atoms with Crippen molar-refractivity contribution in [2.75, 3.05) is 0 Å². The third-order valence-corrected chi connectivity index (χ3v) is 2.62. The predicted octanol–water partition coefficient (Wildman–Crippen LogP) is 3.99. The van der Waals surface area contributed by atoms with Crippen LogP contribution in [0.15, 0.2) is 23.8 Å². The van der Waals surface area contributed by atoms with Crippen molar-refractivity contribution in [3.63, 3.8) is 0 Å². The first kappa shape index (κ1) is 11.3. The van der Waals surface area contributed by atoms with Crippen molar-refractivity contribution < 1.29 is 4.79 Å². The summed E-state index contributed by atoms with van der Waals surface area (Å²) in [7, 11) is 0. The average Bonchev–Trinajstić information content (AvgIpc) is 2.11. The fourth-order valence-electron chi connectivity index (χ4n) is 0.954. The van der Waals surface area contributed by atoms with E-state index in [-0.39, 0.29) is 5.78 Å². The monoisotopic (exact) mass is 228 g/mol. The molecule has 0 bridgehead atoms. The van der Waals surface area contributed by atoms with Crippen LogP contribution in [0.1, 0.15) is 19.4 Å². The Kier molecular flexibility index (Phi) is 3.73. The van der Waals surface area contributed by atoms with Gasteiger partial charge in [-0.05, 0) is 43.2 Å². The molecule has 0 aliphatic rings. The van der Waals surface area contributed by atoms with E-state index < -0.39 is 0 Å². The zero-order valence-electron chi connectivity index (χ0n) is 7.97. The molecule has 3 heteroatoms. The fourth-order valence-corrected chi connectivity index (χ4v) is 1.26. The largest absolute Gasteiger partial charge is 0.295 e. The van der Waals surface area contributed by atoms with Crippen molar-refractivity contribution in [1.29, 1.82) is 0 Å². The van der Waals surface area contributed by atoms with Gasteiger partial charge in [0.25, 0.3) is 0 Å². The molecule has 14 heavy (non-hydrogen) atoms. The average molecular weight is 229 g/mol. The Balaban J connectivity index is 3.04. The molecule has 0 radical (unpaired) electrons. The minimum Gasteiger partial charge on any atom is -0.295 e. The van der Waals surface area contributed by atoms with Gasteiger partial charge in [-0.2, -0.15) is 0 Å². The molecule has 0 fully saturated rings. The van der Waals surface area contributed by atoms with Gasteiger partial charge in [-0.25, -0.2) is 0 Å². The Morgan fingerprint density at radius 2 is 1.86 bits per heavy atom.